The summed E-state index contributed by atoms with van der Waals surface area (Å²) in [6.45, 7) is 0.219. The monoisotopic (exact) mass is 489 g/mol. The molecule has 0 aliphatic carbocycles. The lowest BCUT2D eigenvalue weighted by molar-refractivity contribution is 0.367. The molecule has 0 aliphatic rings. The van der Waals surface area contributed by atoms with Crippen molar-refractivity contribution in [3.63, 3.8) is 0 Å². The van der Waals surface area contributed by atoms with E-state index in [1.54, 1.807) is 12.2 Å². The van der Waals surface area contributed by atoms with E-state index in [9.17, 15) is 25.5 Å². The van der Waals surface area contributed by atoms with Crippen LogP contribution >= 0.6 is 44.1 Å². The molecule has 0 bridgehead atoms. The number of thiocarbonyl (C=S) groups is 1. The first-order valence-corrected chi connectivity index (χ1v) is 8.79. The van der Waals surface area contributed by atoms with Crippen molar-refractivity contribution in [3.8, 4) is 28.7 Å². The molecule has 0 atom stereocenters. The van der Waals surface area contributed by atoms with E-state index in [0.29, 0.717) is 25.1 Å². The van der Waals surface area contributed by atoms with Crippen LogP contribution in [0.1, 0.15) is 11.1 Å². The summed E-state index contributed by atoms with van der Waals surface area (Å²) in [6.07, 6.45) is 3.22. The lowest BCUT2D eigenvalue weighted by Crippen LogP contribution is -2.18. The Bertz CT molecular complexity index is 847. The van der Waals surface area contributed by atoms with Gasteiger partial charge in [0.05, 0.1) is 9.46 Å². The van der Waals surface area contributed by atoms with E-state index in [4.69, 9.17) is 12.2 Å². The summed E-state index contributed by atoms with van der Waals surface area (Å²) in [5.41, 5.74) is 1.11. The van der Waals surface area contributed by atoms with Gasteiger partial charge in [0.1, 0.15) is 0 Å². The molecule has 0 amide bonds. The normalized spacial score (nSPS) is 11.0. The van der Waals surface area contributed by atoms with Gasteiger partial charge in [-0.25, -0.2) is 0 Å². The third-order valence-corrected chi connectivity index (χ3v) is 5.64. The molecule has 2 rings (SSSR count). The van der Waals surface area contributed by atoms with Gasteiger partial charge in [-0.1, -0.05) is 18.3 Å². The van der Waals surface area contributed by atoms with Gasteiger partial charge in [0.15, 0.2) is 28.7 Å². The fraction of sp³-hybridized carbons (Fsp3) is 0.0625. The van der Waals surface area contributed by atoms with Gasteiger partial charge in [0.2, 0.25) is 0 Å². The molecule has 0 radical (unpaired) electrons. The van der Waals surface area contributed by atoms with E-state index >= 15 is 0 Å². The van der Waals surface area contributed by atoms with Crippen LogP contribution in [-0.2, 0) is 6.54 Å². The van der Waals surface area contributed by atoms with E-state index in [2.05, 4.69) is 37.2 Å². The molecular weight excluding hydrogens is 478 g/mol. The van der Waals surface area contributed by atoms with Crippen molar-refractivity contribution in [3.05, 3.63) is 44.3 Å². The number of hydrogen-bond acceptors (Lipinski definition) is 6. The molecule has 0 spiro atoms. The quantitative estimate of drug-likeness (QED) is 0.219. The van der Waals surface area contributed by atoms with Crippen molar-refractivity contribution in [2.45, 2.75) is 6.54 Å². The average molecular weight is 491 g/mol. The highest BCUT2D eigenvalue weighted by Crippen LogP contribution is 2.41. The van der Waals surface area contributed by atoms with Gasteiger partial charge >= 0.3 is 0 Å². The molecule has 0 fully saturated rings. The highest BCUT2D eigenvalue weighted by molar-refractivity contribution is 9.13. The van der Waals surface area contributed by atoms with Crippen molar-refractivity contribution < 1.29 is 25.5 Å². The lowest BCUT2D eigenvalue weighted by Gasteiger charge is -2.08. The van der Waals surface area contributed by atoms with Crippen LogP contribution in [0, 0.1) is 0 Å². The van der Waals surface area contributed by atoms with Gasteiger partial charge in [-0.3, -0.25) is 0 Å². The predicted octanol–water partition coefficient (Wildman–Crippen LogP) is 3.87. The number of rotatable bonds is 4. The average Bonchev–Trinajstić information content (AvgIpc) is 2.57. The van der Waals surface area contributed by atoms with Crippen LogP contribution < -0.4 is 5.32 Å². The Morgan fingerprint density at radius 1 is 0.920 bits per heavy atom. The van der Waals surface area contributed by atoms with Crippen molar-refractivity contribution in [1.29, 1.82) is 0 Å². The van der Waals surface area contributed by atoms with Crippen LogP contribution in [0.2, 0.25) is 0 Å². The fourth-order valence-corrected chi connectivity index (χ4v) is 2.93. The second-order valence-electron chi connectivity index (χ2n) is 5.00. The Hall–Kier alpha value is -1.97. The van der Waals surface area contributed by atoms with Crippen LogP contribution in [0.25, 0.3) is 6.08 Å². The molecule has 9 heteroatoms. The maximum absolute atomic E-state index is 9.65. The minimum atomic E-state index is -0.575. The largest absolute Gasteiger partial charge is 0.504 e. The van der Waals surface area contributed by atoms with Gasteiger partial charge in [-0.15, -0.1) is 0 Å². The Morgan fingerprint density at radius 3 is 2.08 bits per heavy atom. The van der Waals surface area contributed by atoms with Crippen molar-refractivity contribution >= 4 is 55.1 Å². The fourth-order valence-electron chi connectivity index (χ4n) is 1.92. The second kappa shape index (κ2) is 7.94. The van der Waals surface area contributed by atoms with Crippen molar-refractivity contribution in [2.75, 3.05) is 0 Å². The van der Waals surface area contributed by atoms with Gasteiger partial charge < -0.3 is 30.8 Å². The smallest absolute Gasteiger partial charge is 0.200 e. The Labute approximate surface area is 165 Å². The first kappa shape index (κ1) is 19.4. The number of hydrogen-bond donors (Lipinski definition) is 6. The minimum Gasteiger partial charge on any atom is -0.504 e. The van der Waals surface area contributed by atoms with Gasteiger partial charge in [0, 0.05) is 11.0 Å². The standard InChI is InChI=1S/C16H13Br2NO5S/c17-13-8(5-11(22)16(24)14(13)18)1-2-12(25)19-6-7-3-9(20)15(23)10(21)4-7/h1-5,20-24H,6H2,(H,19,25)/b2-1+. The molecule has 0 heterocycles. The number of benzene rings is 2. The summed E-state index contributed by atoms with van der Waals surface area (Å²) in [6, 6.07) is 3.99. The van der Waals surface area contributed by atoms with Crippen molar-refractivity contribution in [2.24, 2.45) is 0 Å². The molecule has 0 aliphatic heterocycles. The Morgan fingerprint density at radius 2 is 1.48 bits per heavy atom. The molecular formula is C16H13Br2NO5S. The molecule has 0 saturated heterocycles. The molecule has 6 nitrogen and oxygen atoms in total. The minimum absolute atomic E-state index is 0.219. The number of phenolic OH excluding ortho intramolecular Hbond substituents is 5. The molecule has 0 unspecified atom stereocenters. The highest BCUT2D eigenvalue weighted by atomic mass is 79.9. The summed E-state index contributed by atoms with van der Waals surface area (Å²) >= 11 is 11.6. The number of nitrogens with one attached hydrogen (secondary N) is 1. The van der Waals surface area contributed by atoms with Crippen LogP contribution in [-0.4, -0.2) is 30.5 Å². The molecule has 6 N–H and O–H groups in total. The first-order valence-electron chi connectivity index (χ1n) is 6.80. The summed E-state index contributed by atoms with van der Waals surface area (Å²) in [5.74, 6) is -1.97. The zero-order valence-corrected chi connectivity index (χ0v) is 16.5. The number of phenols is 5. The van der Waals surface area contributed by atoms with Crippen LogP contribution in [0.15, 0.2) is 33.2 Å². The van der Waals surface area contributed by atoms with E-state index < -0.39 is 17.2 Å². The molecule has 0 saturated carbocycles. The number of halogens is 2. The summed E-state index contributed by atoms with van der Waals surface area (Å²) in [5, 5.41) is 50.4. The summed E-state index contributed by atoms with van der Waals surface area (Å²) < 4.78 is 0.872. The SMILES string of the molecule is Oc1cc(CNC(=S)/C=C/c2cc(O)c(O)c(Br)c2Br)cc(O)c1O. The predicted molar refractivity (Wildman–Crippen MR) is 105 cm³/mol. The molecule has 0 aromatic heterocycles. The molecule has 2 aromatic rings. The zero-order valence-electron chi connectivity index (χ0n) is 12.5. The van der Waals surface area contributed by atoms with Gasteiger partial charge in [0.25, 0.3) is 0 Å². The lowest BCUT2D eigenvalue weighted by atomic mass is 10.1. The molecule has 132 valence electrons. The summed E-state index contributed by atoms with van der Waals surface area (Å²) in [7, 11) is 0. The maximum atomic E-state index is 9.65. The van der Waals surface area contributed by atoms with E-state index in [-0.39, 0.29) is 18.0 Å². The van der Waals surface area contributed by atoms with Crippen LogP contribution in [0.5, 0.6) is 28.7 Å². The van der Waals surface area contributed by atoms with Gasteiger partial charge in [-0.2, -0.15) is 0 Å². The zero-order chi connectivity index (χ0) is 18.7. The second-order valence-corrected chi connectivity index (χ2v) is 7.02. The first-order chi connectivity index (χ1) is 11.7. The Kier molecular flexibility index (Phi) is 6.15. The van der Waals surface area contributed by atoms with E-state index in [0.717, 1.165) is 0 Å². The third-order valence-electron chi connectivity index (χ3n) is 3.20. The van der Waals surface area contributed by atoms with E-state index in [1.165, 1.54) is 18.2 Å². The van der Waals surface area contributed by atoms with Crippen LogP contribution in [0.3, 0.4) is 0 Å². The number of aromatic hydroxyl groups is 5. The summed E-state index contributed by atoms with van der Waals surface area (Å²) in [4.78, 5) is 0.364. The van der Waals surface area contributed by atoms with E-state index in [1.807, 2.05) is 0 Å². The third kappa shape index (κ3) is 4.56. The topological polar surface area (TPSA) is 113 Å². The van der Waals surface area contributed by atoms with Gasteiger partial charge in [-0.05, 0) is 67.3 Å². The van der Waals surface area contributed by atoms with Crippen molar-refractivity contribution in [1.82, 2.24) is 5.32 Å². The molecule has 2 aromatic carbocycles. The Balaban J connectivity index is 2.07. The highest BCUT2D eigenvalue weighted by Gasteiger charge is 2.12. The van der Waals surface area contributed by atoms with Crippen LogP contribution in [0.4, 0.5) is 0 Å². The molecule has 25 heavy (non-hydrogen) atoms. The maximum Gasteiger partial charge on any atom is 0.200 e.